The van der Waals surface area contributed by atoms with E-state index in [0.717, 1.165) is 44.1 Å². The summed E-state index contributed by atoms with van der Waals surface area (Å²) in [5.41, 5.74) is 1.85. The lowest BCUT2D eigenvalue weighted by Crippen LogP contribution is -2.60. The van der Waals surface area contributed by atoms with Gasteiger partial charge in [0.2, 0.25) is 0 Å². The summed E-state index contributed by atoms with van der Waals surface area (Å²) in [6.07, 6.45) is 3.10. The van der Waals surface area contributed by atoms with Crippen LogP contribution in [0.1, 0.15) is 59.3 Å². The van der Waals surface area contributed by atoms with Crippen LogP contribution >= 0.6 is 0 Å². The van der Waals surface area contributed by atoms with E-state index in [1.54, 1.807) is 6.08 Å². The second-order valence-electron chi connectivity index (χ2n) is 10.8. The van der Waals surface area contributed by atoms with Gasteiger partial charge >= 0.3 is 0 Å². The molecule has 2 aliphatic carbocycles. The van der Waals surface area contributed by atoms with Crippen LogP contribution in [0.5, 0.6) is 0 Å². The summed E-state index contributed by atoms with van der Waals surface area (Å²) >= 11 is 0. The standard InChI is InChI=1S/C26H44O8/c1-16-7-11-26(15-33-24-23(32)22(31)21(30)19(14-29)34-24)17(2)5-4-6-20(26)25(16,3)10-8-18(13-28)9-12-27/h5,9,16,19-24,27-32H,4,6-8,10-15H2,1-3H3/b18-9-/t16-,19?,20?,21?,22?,23?,24?,25+,26-/m0/s1. The Morgan fingerprint density at radius 2 is 1.88 bits per heavy atom. The van der Waals surface area contributed by atoms with E-state index in [-0.39, 0.29) is 24.0 Å². The lowest BCUT2D eigenvalue weighted by molar-refractivity contribution is -0.308. The summed E-state index contributed by atoms with van der Waals surface area (Å²) in [5.74, 6) is 0.783. The fourth-order valence-electron chi connectivity index (χ4n) is 6.65. The number of hydrogen-bond donors (Lipinski definition) is 6. The average molecular weight is 485 g/mol. The zero-order valence-electron chi connectivity index (χ0n) is 20.8. The molecule has 1 heterocycles. The number of aliphatic hydroxyl groups is 6. The molecule has 8 nitrogen and oxygen atoms in total. The van der Waals surface area contributed by atoms with E-state index in [2.05, 4.69) is 26.8 Å². The highest BCUT2D eigenvalue weighted by atomic mass is 16.7. The van der Waals surface area contributed by atoms with Crippen LogP contribution in [0.25, 0.3) is 0 Å². The van der Waals surface area contributed by atoms with Crippen molar-refractivity contribution < 1.29 is 40.1 Å². The highest BCUT2D eigenvalue weighted by Crippen LogP contribution is 2.62. The molecule has 3 rings (SSSR count). The first-order valence-corrected chi connectivity index (χ1v) is 12.6. The summed E-state index contributed by atoms with van der Waals surface area (Å²) in [6.45, 7) is 6.46. The third-order valence-electron chi connectivity index (χ3n) is 9.22. The molecule has 9 atom stereocenters. The van der Waals surface area contributed by atoms with Crippen LogP contribution < -0.4 is 0 Å². The normalized spacial score (nSPS) is 43.4. The van der Waals surface area contributed by atoms with E-state index in [1.165, 1.54) is 5.57 Å². The van der Waals surface area contributed by atoms with Crippen molar-refractivity contribution in [1.82, 2.24) is 0 Å². The van der Waals surface area contributed by atoms with Gasteiger partial charge in [-0.25, -0.2) is 0 Å². The van der Waals surface area contributed by atoms with Crippen molar-refractivity contribution in [2.24, 2.45) is 22.7 Å². The Morgan fingerprint density at radius 1 is 1.15 bits per heavy atom. The zero-order chi connectivity index (χ0) is 25.1. The van der Waals surface area contributed by atoms with Crippen LogP contribution in [0, 0.1) is 22.7 Å². The lowest BCUT2D eigenvalue weighted by atomic mass is 9.46. The minimum Gasteiger partial charge on any atom is -0.394 e. The van der Waals surface area contributed by atoms with Gasteiger partial charge < -0.3 is 40.1 Å². The third kappa shape index (κ3) is 5.15. The topological polar surface area (TPSA) is 140 Å². The molecular formula is C26H44O8. The molecule has 6 unspecified atom stereocenters. The van der Waals surface area contributed by atoms with E-state index in [9.17, 15) is 30.6 Å². The second kappa shape index (κ2) is 11.5. The summed E-state index contributed by atoms with van der Waals surface area (Å²) in [4.78, 5) is 0. The van der Waals surface area contributed by atoms with Gasteiger partial charge in [0.25, 0.3) is 0 Å². The SMILES string of the molecule is CC1=CCCC2[C@]1(COC1OC(CO)C(O)C(O)C1O)CC[C@H](C)[C@@]2(C)CC/C(=C/CO)CO. The molecule has 0 spiro atoms. The zero-order valence-corrected chi connectivity index (χ0v) is 20.8. The average Bonchev–Trinajstić information content (AvgIpc) is 2.83. The first-order valence-electron chi connectivity index (χ1n) is 12.6. The van der Waals surface area contributed by atoms with Crippen LogP contribution in [0.4, 0.5) is 0 Å². The molecule has 196 valence electrons. The molecule has 0 bridgehead atoms. The molecule has 3 aliphatic rings. The maximum absolute atomic E-state index is 10.5. The molecule has 0 aromatic heterocycles. The molecule has 1 aliphatic heterocycles. The first kappa shape index (κ1) is 27.7. The molecule has 0 aromatic carbocycles. The number of ether oxygens (including phenoxy) is 2. The van der Waals surface area contributed by atoms with Crippen molar-refractivity contribution in [3.63, 3.8) is 0 Å². The van der Waals surface area contributed by atoms with Gasteiger partial charge in [0.1, 0.15) is 24.4 Å². The van der Waals surface area contributed by atoms with Crippen LogP contribution in [0.3, 0.4) is 0 Å². The van der Waals surface area contributed by atoms with Gasteiger partial charge in [-0.1, -0.05) is 31.6 Å². The second-order valence-corrected chi connectivity index (χ2v) is 10.8. The number of hydrogen-bond acceptors (Lipinski definition) is 8. The van der Waals surface area contributed by atoms with E-state index in [1.807, 2.05) is 0 Å². The maximum atomic E-state index is 10.5. The third-order valence-corrected chi connectivity index (χ3v) is 9.22. The van der Waals surface area contributed by atoms with Crippen molar-refractivity contribution >= 4 is 0 Å². The first-order chi connectivity index (χ1) is 16.1. The Bertz CT molecular complexity index is 736. The van der Waals surface area contributed by atoms with Crippen molar-refractivity contribution in [1.29, 1.82) is 0 Å². The Labute approximate surface area is 202 Å². The van der Waals surface area contributed by atoms with Gasteiger partial charge in [-0.3, -0.25) is 0 Å². The smallest absolute Gasteiger partial charge is 0.186 e. The van der Waals surface area contributed by atoms with Gasteiger partial charge in [0.05, 0.1) is 26.4 Å². The summed E-state index contributed by atoms with van der Waals surface area (Å²) in [5, 5.41) is 59.2. The Balaban J connectivity index is 1.83. The van der Waals surface area contributed by atoms with Crippen molar-refractivity contribution in [3.05, 3.63) is 23.3 Å². The molecule has 1 saturated heterocycles. The minimum atomic E-state index is -1.46. The molecule has 0 amide bonds. The van der Waals surface area contributed by atoms with Crippen molar-refractivity contribution in [2.75, 3.05) is 26.4 Å². The molecule has 34 heavy (non-hydrogen) atoms. The lowest BCUT2D eigenvalue weighted by Gasteiger charge is -2.59. The van der Waals surface area contributed by atoms with Gasteiger partial charge in [-0.15, -0.1) is 0 Å². The van der Waals surface area contributed by atoms with Crippen LogP contribution in [0.15, 0.2) is 23.3 Å². The highest BCUT2D eigenvalue weighted by molar-refractivity contribution is 5.23. The fraction of sp³-hybridized carbons (Fsp3) is 0.846. The largest absolute Gasteiger partial charge is 0.394 e. The molecule has 1 saturated carbocycles. The molecule has 8 heteroatoms. The number of fused-ring (bicyclic) bond motifs is 1. The van der Waals surface area contributed by atoms with Gasteiger partial charge in [-0.2, -0.15) is 0 Å². The van der Waals surface area contributed by atoms with Crippen LogP contribution in [-0.4, -0.2) is 87.8 Å². The van der Waals surface area contributed by atoms with Crippen LogP contribution in [0.2, 0.25) is 0 Å². The molecule has 0 aromatic rings. The molecule has 2 fully saturated rings. The quantitative estimate of drug-likeness (QED) is 0.269. The van der Waals surface area contributed by atoms with Gasteiger partial charge in [0, 0.05) is 5.41 Å². The highest BCUT2D eigenvalue weighted by Gasteiger charge is 2.56. The Morgan fingerprint density at radius 3 is 2.53 bits per heavy atom. The van der Waals surface area contributed by atoms with Crippen molar-refractivity contribution in [3.8, 4) is 0 Å². The van der Waals surface area contributed by atoms with Crippen molar-refractivity contribution in [2.45, 2.75) is 90.0 Å². The van der Waals surface area contributed by atoms with Gasteiger partial charge in [-0.05, 0) is 68.3 Å². The monoisotopic (exact) mass is 484 g/mol. The molecule has 6 N–H and O–H groups in total. The predicted molar refractivity (Wildman–Crippen MR) is 127 cm³/mol. The van der Waals surface area contributed by atoms with E-state index in [4.69, 9.17) is 9.47 Å². The predicted octanol–water partition coefficient (Wildman–Crippen LogP) is 1.27. The molecule has 0 radical (unpaired) electrons. The van der Waals surface area contributed by atoms with E-state index in [0.29, 0.717) is 18.4 Å². The summed E-state index contributed by atoms with van der Waals surface area (Å²) in [6, 6.07) is 0. The number of rotatable bonds is 9. The summed E-state index contributed by atoms with van der Waals surface area (Å²) < 4.78 is 11.8. The Hall–Kier alpha value is -0.840. The number of allylic oxidation sites excluding steroid dienone is 1. The van der Waals surface area contributed by atoms with Crippen LogP contribution in [-0.2, 0) is 9.47 Å². The maximum Gasteiger partial charge on any atom is 0.186 e. The van der Waals surface area contributed by atoms with E-state index >= 15 is 0 Å². The van der Waals surface area contributed by atoms with Gasteiger partial charge in [0.15, 0.2) is 6.29 Å². The Kier molecular flexibility index (Phi) is 9.36. The minimum absolute atomic E-state index is 0.0176. The fourth-order valence-corrected chi connectivity index (χ4v) is 6.65. The number of aliphatic hydroxyl groups excluding tert-OH is 6. The molecular weight excluding hydrogens is 440 g/mol. The van der Waals surface area contributed by atoms with E-state index < -0.39 is 37.3 Å². The summed E-state index contributed by atoms with van der Waals surface area (Å²) in [7, 11) is 0.